The molecule has 0 saturated heterocycles. The Labute approximate surface area is 114 Å². The minimum atomic E-state index is -1.06. The third kappa shape index (κ3) is 5.19. The fourth-order valence-electron chi connectivity index (χ4n) is 2.49. The number of rotatable bonds is 5. The lowest BCUT2D eigenvalue weighted by Crippen LogP contribution is -2.54. The van der Waals surface area contributed by atoms with E-state index in [-0.39, 0.29) is 12.3 Å². The molecule has 0 aromatic rings. The molecule has 19 heavy (non-hydrogen) atoms. The van der Waals surface area contributed by atoms with Gasteiger partial charge in [0, 0.05) is 12.0 Å². The molecule has 0 aromatic heterocycles. The van der Waals surface area contributed by atoms with Gasteiger partial charge in [-0.2, -0.15) is 0 Å². The summed E-state index contributed by atoms with van der Waals surface area (Å²) in [6, 6.07) is 0. The third-order valence-electron chi connectivity index (χ3n) is 3.74. The van der Waals surface area contributed by atoms with Crippen LogP contribution in [0.3, 0.4) is 0 Å². The average molecular weight is 270 g/mol. The highest BCUT2D eigenvalue weighted by Crippen LogP contribution is 2.27. The maximum Gasteiger partial charge on any atom is 0.329 e. The Morgan fingerprint density at radius 2 is 1.74 bits per heavy atom. The average Bonchev–Trinajstić information content (AvgIpc) is 2.52. The highest BCUT2D eigenvalue weighted by molar-refractivity contribution is 5.87. The fraction of sp³-hybridized carbons (Fsp3) is 0.857. The Balaban J connectivity index is 2.62. The molecule has 0 radical (unpaired) electrons. The predicted octanol–water partition coefficient (Wildman–Crippen LogP) is 1.80. The summed E-state index contributed by atoms with van der Waals surface area (Å²) in [5, 5.41) is 12.2. The van der Waals surface area contributed by atoms with E-state index in [1.54, 1.807) is 0 Å². The molecule has 4 N–H and O–H groups in total. The Morgan fingerprint density at radius 3 is 2.16 bits per heavy atom. The van der Waals surface area contributed by atoms with Gasteiger partial charge in [-0.3, -0.25) is 4.79 Å². The molecule has 0 unspecified atom stereocenters. The van der Waals surface area contributed by atoms with Crippen molar-refractivity contribution in [2.24, 2.45) is 5.73 Å². The van der Waals surface area contributed by atoms with Gasteiger partial charge in [-0.1, -0.05) is 25.7 Å². The zero-order valence-corrected chi connectivity index (χ0v) is 12.0. The zero-order valence-electron chi connectivity index (χ0n) is 12.0. The largest absolute Gasteiger partial charge is 0.480 e. The molecule has 0 atom stereocenters. The lowest BCUT2D eigenvalue weighted by atomic mass is 9.89. The van der Waals surface area contributed by atoms with Crippen LogP contribution >= 0.6 is 0 Å². The second-order valence-corrected chi connectivity index (χ2v) is 6.34. The second-order valence-electron chi connectivity index (χ2n) is 6.34. The predicted molar refractivity (Wildman–Crippen MR) is 73.7 cm³/mol. The van der Waals surface area contributed by atoms with Gasteiger partial charge in [0.05, 0.1) is 0 Å². The number of amides is 1. The molecule has 1 aliphatic carbocycles. The van der Waals surface area contributed by atoms with Gasteiger partial charge in [-0.05, 0) is 33.1 Å². The molecule has 0 heterocycles. The van der Waals surface area contributed by atoms with E-state index in [0.29, 0.717) is 19.3 Å². The number of nitrogens with one attached hydrogen (secondary N) is 1. The number of carbonyl (C=O) groups is 2. The lowest BCUT2D eigenvalue weighted by molar-refractivity contribution is -0.148. The van der Waals surface area contributed by atoms with Gasteiger partial charge in [-0.15, -0.1) is 0 Å². The Hall–Kier alpha value is -1.10. The van der Waals surface area contributed by atoms with E-state index in [9.17, 15) is 14.7 Å². The van der Waals surface area contributed by atoms with Crippen LogP contribution in [0.5, 0.6) is 0 Å². The van der Waals surface area contributed by atoms with Gasteiger partial charge >= 0.3 is 5.97 Å². The number of hydrogen-bond donors (Lipinski definition) is 3. The number of carbonyl (C=O) groups excluding carboxylic acids is 1. The molecule has 0 aromatic carbocycles. The van der Waals surface area contributed by atoms with Crippen LogP contribution in [-0.4, -0.2) is 28.1 Å². The molecule has 5 heteroatoms. The molecule has 5 nitrogen and oxygen atoms in total. The van der Waals surface area contributed by atoms with Crippen molar-refractivity contribution in [3.05, 3.63) is 0 Å². The number of nitrogens with two attached hydrogens (primary N) is 1. The molecule has 1 fully saturated rings. The normalized spacial score (nSPS) is 19.5. The summed E-state index contributed by atoms with van der Waals surface area (Å²) >= 11 is 0. The first-order valence-electron chi connectivity index (χ1n) is 7.08. The van der Waals surface area contributed by atoms with E-state index in [1.165, 1.54) is 0 Å². The summed E-state index contributed by atoms with van der Waals surface area (Å²) in [6.45, 7) is 3.72. The molecule has 0 spiro atoms. The van der Waals surface area contributed by atoms with Gasteiger partial charge in [0.1, 0.15) is 5.54 Å². The first-order valence-corrected chi connectivity index (χ1v) is 7.08. The molecular formula is C14H26N2O3. The molecule has 110 valence electrons. The molecule has 0 aliphatic heterocycles. The second kappa shape index (κ2) is 6.37. The van der Waals surface area contributed by atoms with Crippen LogP contribution in [0.15, 0.2) is 0 Å². The lowest BCUT2D eigenvalue weighted by Gasteiger charge is -2.30. The molecule has 1 amide bonds. The SMILES string of the molecule is CC(C)(N)CCC(=O)NC1(C(=O)O)CCCCCC1. The Kier molecular flexibility index (Phi) is 5.35. The fourth-order valence-corrected chi connectivity index (χ4v) is 2.49. The molecular weight excluding hydrogens is 244 g/mol. The van der Waals surface area contributed by atoms with Crippen LogP contribution in [-0.2, 0) is 9.59 Å². The van der Waals surface area contributed by atoms with Crippen molar-refractivity contribution in [1.29, 1.82) is 0 Å². The van der Waals surface area contributed by atoms with E-state index in [1.807, 2.05) is 13.8 Å². The Bertz CT molecular complexity index is 326. The van der Waals surface area contributed by atoms with Gasteiger partial charge in [0.2, 0.25) is 5.91 Å². The number of aliphatic carboxylic acids is 1. The van der Waals surface area contributed by atoms with Crippen molar-refractivity contribution < 1.29 is 14.7 Å². The van der Waals surface area contributed by atoms with E-state index >= 15 is 0 Å². The van der Waals surface area contributed by atoms with E-state index in [0.717, 1.165) is 25.7 Å². The van der Waals surface area contributed by atoms with Gasteiger partial charge in [-0.25, -0.2) is 4.79 Å². The highest BCUT2D eigenvalue weighted by atomic mass is 16.4. The minimum Gasteiger partial charge on any atom is -0.480 e. The Morgan fingerprint density at radius 1 is 1.21 bits per heavy atom. The van der Waals surface area contributed by atoms with Crippen LogP contribution in [0, 0.1) is 0 Å². The number of carboxylic acid groups (broad SMARTS) is 1. The highest BCUT2D eigenvalue weighted by Gasteiger charge is 2.39. The monoisotopic (exact) mass is 270 g/mol. The van der Waals surface area contributed by atoms with Crippen molar-refractivity contribution in [3.63, 3.8) is 0 Å². The number of hydrogen-bond acceptors (Lipinski definition) is 3. The first-order chi connectivity index (χ1) is 8.75. The summed E-state index contributed by atoms with van der Waals surface area (Å²) in [5.74, 6) is -1.11. The molecule has 1 rings (SSSR count). The van der Waals surface area contributed by atoms with Gasteiger partial charge in [0.25, 0.3) is 0 Å². The molecule has 1 aliphatic rings. The van der Waals surface area contributed by atoms with Crippen LogP contribution in [0.4, 0.5) is 0 Å². The first kappa shape index (κ1) is 16.0. The van der Waals surface area contributed by atoms with Crippen molar-refractivity contribution in [3.8, 4) is 0 Å². The van der Waals surface area contributed by atoms with Gasteiger partial charge in [0.15, 0.2) is 0 Å². The summed E-state index contributed by atoms with van der Waals surface area (Å²) in [4.78, 5) is 23.5. The summed E-state index contributed by atoms with van der Waals surface area (Å²) in [5.41, 5.74) is 4.37. The third-order valence-corrected chi connectivity index (χ3v) is 3.74. The van der Waals surface area contributed by atoms with Crippen molar-refractivity contribution in [2.45, 2.75) is 76.3 Å². The topological polar surface area (TPSA) is 92.4 Å². The molecule has 1 saturated carbocycles. The maximum absolute atomic E-state index is 11.9. The van der Waals surface area contributed by atoms with E-state index < -0.39 is 17.0 Å². The number of carboxylic acids is 1. The summed E-state index contributed by atoms with van der Waals surface area (Å²) in [7, 11) is 0. The smallest absolute Gasteiger partial charge is 0.329 e. The van der Waals surface area contributed by atoms with E-state index in [2.05, 4.69) is 5.32 Å². The van der Waals surface area contributed by atoms with Crippen molar-refractivity contribution in [1.82, 2.24) is 5.32 Å². The van der Waals surface area contributed by atoms with Crippen LogP contribution < -0.4 is 11.1 Å². The quantitative estimate of drug-likeness (QED) is 0.664. The summed E-state index contributed by atoms with van der Waals surface area (Å²) in [6.07, 6.45) is 5.68. The van der Waals surface area contributed by atoms with Crippen LogP contribution in [0.25, 0.3) is 0 Å². The van der Waals surface area contributed by atoms with E-state index in [4.69, 9.17) is 5.73 Å². The van der Waals surface area contributed by atoms with Crippen molar-refractivity contribution in [2.75, 3.05) is 0 Å². The van der Waals surface area contributed by atoms with Gasteiger partial charge < -0.3 is 16.2 Å². The zero-order chi connectivity index (χ0) is 14.5. The summed E-state index contributed by atoms with van der Waals surface area (Å²) < 4.78 is 0. The maximum atomic E-state index is 11.9. The van der Waals surface area contributed by atoms with Crippen molar-refractivity contribution >= 4 is 11.9 Å². The molecule has 0 bridgehead atoms. The van der Waals surface area contributed by atoms with Crippen LogP contribution in [0.1, 0.15) is 65.2 Å². The van der Waals surface area contributed by atoms with Crippen LogP contribution in [0.2, 0.25) is 0 Å². The standard InChI is InChI=1S/C14H26N2O3/c1-13(2,15)10-7-11(17)16-14(12(18)19)8-5-3-4-6-9-14/h3-10,15H2,1-2H3,(H,16,17)(H,18,19). The minimum absolute atomic E-state index is 0.206.